The number of amides is 1. The molecular formula is C15H19ClN2O2. The van der Waals surface area contributed by atoms with Crippen molar-refractivity contribution in [1.82, 2.24) is 9.80 Å². The lowest BCUT2D eigenvalue weighted by Gasteiger charge is -2.34. The molecule has 0 bridgehead atoms. The average Bonchev–Trinajstić information content (AvgIpc) is 2.47. The largest absolute Gasteiger partial charge is 0.497 e. The number of benzene rings is 1. The molecule has 20 heavy (non-hydrogen) atoms. The maximum Gasteiger partial charge on any atom is 0.254 e. The number of nitrogens with zero attached hydrogens (tertiary/aromatic N) is 2. The SMILES string of the molecule is C=C(Cl)CN1CCN(C(=O)c2cccc(OC)c2)CC1. The highest BCUT2D eigenvalue weighted by Crippen LogP contribution is 2.16. The average molecular weight is 295 g/mol. The minimum atomic E-state index is 0.0493. The third-order valence-corrected chi connectivity index (χ3v) is 3.49. The molecular weight excluding hydrogens is 276 g/mol. The summed E-state index contributed by atoms with van der Waals surface area (Å²) in [4.78, 5) is 16.5. The van der Waals surface area contributed by atoms with E-state index in [2.05, 4.69) is 11.5 Å². The van der Waals surface area contributed by atoms with E-state index in [-0.39, 0.29) is 5.91 Å². The highest BCUT2D eigenvalue weighted by Gasteiger charge is 2.22. The van der Waals surface area contributed by atoms with Crippen molar-refractivity contribution in [1.29, 1.82) is 0 Å². The van der Waals surface area contributed by atoms with Crippen LogP contribution in [0.2, 0.25) is 0 Å². The van der Waals surface area contributed by atoms with Gasteiger partial charge in [0, 0.05) is 43.3 Å². The Hall–Kier alpha value is -1.52. The van der Waals surface area contributed by atoms with E-state index in [0.717, 1.165) is 13.1 Å². The fourth-order valence-electron chi connectivity index (χ4n) is 2.29. The van der Waals surface area contributed by atoms with Gasteiger partial charge in [-0.3, -0.25) is 9.69 Å². The monoisotopic (exact) mass is 294 g/mol. The quantitative estimate of drug-likeness (QED) is 0.853. The Labute approximate surface area is 124 Å². The Morgan fingerprint density at radius 3 is 2.65 bits per heavy atom. The minimum Gasteiger partial charge on any atom is -0.497 e. The molecule has 0 saturated carbocycles. The number of halogens is 1. The lowest BCUT2D eigenvalue weighted by Crippen LogP contribution is -2.48. The lowest BCUT2D eigenvalue weighted by molar-refractivity contribution is 0.0649. The Balaban J connectivity index is 1.96. The van der Waals surface area contributed by atoms with Crippen molar-refractivity contribution in [3.8, 4) is 5.75 Å². The van der Waals surface area contributed by atoms with Crippen LogP contribution in [0, 0.1) is 0 Å². The van der Waals surface area contributed by atoms with Crippen molar-refractivity contribution in [2.75, 3.05) is 39.8 Å². The Kier molecular flexibility index (Phi) is 5.04. The van der Waals surface area contributed by atoms with E-state index in [1.807, 2.05) is 23.1 Å². The van der Waals surface area contributed by atoms with Crippen LogP contribution in [0.5, 0.6) is 5.75 Å². The first-order valence-corrected chi connectivity index (χ1v) is 6.97. The smallest absolute Gasteiger partial charge is 0.254 e. The summed E-state index contributed by atoms with van der Waals surface area (Å²) in [6.07, 6.45) is 0. The van der Waals surface area contributed by atoms with Gasteiger partial charge in [0.25, 0.3) is 5.91 Å². The molecule has 0 unspecified atom stereocenters. The Bertz CT molecular complexity index is 496. The summed E-state index contributed by atoms with van der Waals surface area (Å²) in [5.41, 5.74) is 0.666. The third-order valence-electron chi connectivity index (χ3n) is 3.37. The molecule has 0 radical (unpaired) electrons. The van der Waals surface area contributed by atoms with Crippen molar-refractivity contribution < 1.29 is 9.53 Å². The first kappa shape index (κ1) is 14.9. The molecule has 1 aliphatic heterocycles. The molecule has 1 aromatic rings. The first-order chi connectivity index (χ1) is 9.60. The first-order valence-electron chi connectivity index (χ1n) is 6.59. The fraction of sp³-hybridized carbons (Fsp3) is 0.400. The van der Waals surface area contributed by atoms with Gasteiger partial charge in [-0.25, -0.2) is 0 Å². The number of rotatable bonds is 4. The second-order valence-corrected chi connectivity index (χ2v) is 5.35. The summed E-state index contributed by atoms with van der Waals surface area (Å²) in [7, 11) is 1.60. The van der Waals surface area contributed by atoms with Crippen molar-refractivity contribution in [3.05, 3.63) is 41.4 Å². The van der Waals surface area contributed by atoms with Crippen LogP contribution in [0.4, 0.5) is 0 Å². The molecule has 5 heteroatoms. The fourth-order valence-corrected chi connectivity index (χ4v) is 2.46. The number of piperazine rings is 1. The predicted octanol–water partition coefficient (Wildman–Crippen LogP) is 2.21. The van der Waals surface area contributed by atoms with Gasteiger partial charge in [0.05, 0.1) is 7.11 Å². The van der Waals surface area contributed by atoms with Crippen LogP contribution in [-0.4, -0.2) is 55.5 Å². The number of carbonyl (C=O) groups is 1. The van der Waals surface area contributed by atoms with Gasteiger partial charge in [-0.15, -0.1) is 0 Å². The van der Waals surface area contributed by atoms with Gasteiger partial charge >= 0.3 is 0 Å². The van der Waals surface area contributed by atoms with E-state index in [0.29, 0.717) is 36.0 Å². The Morgan fingerprint density at radius 2 is 2.05 bits per heavy atom. The highest BCUT2D eigenvalue weighted by molar-refractivity contribution is 6.29. The number of methoxy groups -OCH3 is 1. The van der Waals surface area contributed by atoms with Crippen molar-refractivity contribution in [3.63, 3.8) is 0 Å². The van der Waals surface area contributed by atoms with Gasteiger partial charge in [0.1, 0.15) is 5.75 Å². The second kappa shape index (κ2) is 6.77. The molecule has 1 amide bonds. The van der Waals surface area contributed by atoms with Gasteiger partial charge in [0.15, 0.2) is 0 Å². The standard InChI is InChI=1S/C15H19ClN2O2/c1-12(16)11-17-6-8-18(9-7-17)15(19)13-4-3-5-14(10-13)20-2/h3-5,10H,1,6-9,11H2,2H3. The minimum absolute atomic E-state index is 0.0493. The van der Waals surface area contributed by atoms with Crippen LogP contribution in [-0.2, 0) is 0 Å². The van der Waals surface area contributed by atoms with Crippen LogP contribution in [0.15, 0.2) is 35.9 Å². The summed E-state index contributed by atoms with van der Waals surface area (Å²) in [5.74, 6) is 0.751. The van der Waals surface area contributed by atoms with Gasteiger partial charge in [-0.2, -0.15) is 0 Å². The van der Waals surface area contributed by atoms with Crippen molar-refractivity contribution in [2.45, 2.75) is 0 Å². The summed E-state index contributed by atoms with van der Waals surface area (Å²) < 4.78 is 5.15. The topological polar surface area (TPSA) is 32.8 Å². The zero-order valence-electron chi connectivity index (χ0n) is 11.6. The molecule has 0 atom stereocenters. The number of hydrogen-bond acceptors (Lipinski definition) is 3. The molecule has 108 valence electrons. The van der Waals surface area contributed by atoms with E-state index >= 15 is 0 Å². The maximum absolute atomic E-state index is 12.4. The molecule has 1 fully saturated rings. The Morgan fingerprint density at radius 1 is 1.35 bits per heavy atom. The summed E-state index contributed by atoms with van der Waals surface area (Å²) in [6.45, 7) is 7.44. The molecule has 1 heterocycles. The summed E-state index contributed by atoms with van der Waals surface area (Å²) in [5, 5.41) is 0.637. The van der Waals surface area contributed by atoms with Gasteiger partial charge in [-0.05, 0) is 18.2 Å². The van der Waals surface area contributed by atoms with Crippen LogP contribution in [0.25, 0.3) is 0 Å². The molecule has 2 rings (SSSR count). The van der Waals surface area contributed by atoms with Crippen LogP contribution >= 0.6 is 11.6 Å². The molecule has 0 N–H and O–H groups in total. The van der Waals surface area contributed by atoms with Crippen LogP contribution in [0.3, 0.4) is 0 Å². The second-order valence-electron chi connectivity index (χ2n) is 4.82. The third kappa shape index (κ3) is 3.74. The van der Waals surface area contributed by atoms with E-state index in [9.17, 15) is 4.79 Å². The number of carbonyl (C=O) groups excluding carboxylic acids is 1. The zero-order valence-corrected chi connectivity index (χ0v) is 12.4. The van der Waals surface area contributed by atoms with E-state index in [1.54, 1.807) is 13.2 Å². The van der Waals surface area contributed by atoms with E-state index in [1.165, 1.54) is 0 Å². The zero-order chi connectivity index (χ0) is 14.5. The normalized spacial score (nSPS) is 16.0. The van der Waals surface area contributed by atoms with E-state index < -0.39 is 0 Å². The van der Waals surface area contributed by atoms with Gasteiger partial charge in [-0.1, -0.05) is 24.2 Å². The molecule has 0 spiro atoms. The molecule has 1 saturated heterocycles. The van der Waals surface area contributed by atoms with Crippen molar-refractivity contribution in [2.24, 2.45) is 0 Å². The van der Waals surface area contributed by atoms with Crippen LogP contribution < -0.4 is 4.74 Å². The molecule has 1 aliphatic rings. The number of ether oxygens (including phenoxy) is 1. The van der Waals surface area contributed by atoms with Crippen molar-refractivity contribution >= 4 is 17.5 Å². The van der Waals surface area contributed by atoms with Gasteiger partial charge in [0.2, 0.25) is 0 Å². The highest BCUT2D eigenvalue weighted by atomic mass is 35.5. The lowest BCUT2D eigenvalue weighted by atomic mass is 10.1. The maximum atomic E-state index is 12.4. The summed E-state index contributed by atoms with van der Waals surface area (Å²) in [6, 6.07) is 7.26. The molecule has 0 aromatic heterocycles. The molecule has 1 aromatic carbocycles. The molecule has 0 aliphatic carbocycles. The summed E-state index contributed by atoms with van der Waals surface area (Å²) >= 11 is 5.81. The van der Waals surface area contributed by atoms with E-state index in [4.69, 9.17) is 16.3 Å². The van der Waals surface area contributed by atoms with Gasteiger partial charge < -0.3 is 9.64 Å². The van der Waals surface area contributed by atoms with Crippen LogP contribution in [0.1, 0.15) is 10.4 Å². The predicted molar refractivity (Wildman–Crippen MR) is 80.3 cm³/mol. The molecule has 4 nitrogen and oxygen atoms in total. The number of hydrogen-bond donors (Lipinski definition) is 0.